The van der Waals surface area contributed by atoms with Crippen molar-refractivity contribution in [1.29, 1.82) is 0 Å². The van der Waals surface area contributed by atoms with E-state index in [0.29, 0.717) is 6.61 Å². The monoisotopic (exact) mass is 244 g/mol. The number of hydrogen-bond donors (Lipinski definition) is 1. The van der Waals surface area contributed by atoms with Crippen molar-refractivity contribution in [2.45, 2.75) is 37.5 Å². The summed E-state index contributed by atoms with van der Waals surface area (Å²) in [5, 5.41) is 9.76. The normalized spacial score (nSPS) is 26.5. The molecule has 1 heterocycles. The van der Waals surface area contributed by atoms with Crippen LogP contribution in [0.15, 0.2) is 18.2 Å². The van der Waals surface area contributed by atoms with Gasteiger partial charge in [0.2, 0.25) is 0 Å². The van der Waals surface area contributed by atoms with Gasteiger partial charge in [-0.05, 0) is 48.8 Å². The molecule has 1 aromatic carbocycles. The van der Waals surface area contributed by atoms with Gasteiger partial charge in [0.15, 0.2) is 0 Å². The lowest BCUT2D eigenvalue weighted by Gasteiger charge is -2.48. The molecule has 3 aliphatic rings. The molecule has 2 aliphatic carbocycles. The van der Waals surface area contributed by atoms with Crippen LogP contribution >= 0.6 is 0 Å². The van der Waals surface area contributed by atoms with Gasteiger partial charge >= 0.3 is 0 Å². The van der Waals surface area contributed by atoms with Gasteiger partial charge in [-0.1, -0.05) is 18.2 Å². The lowest BCUT2D eigenvalue weighted by Crippen LogP contribution is -2.55. The van der Waals surface area contributed by atoms with Crippen molar-refractivity contribution < 1.29 is 9.84 Å². The Bertz CT molecular complexity index is 484. The Labute approximate surface area is 108 Å². The van der Waals surface area contributed by atoms with Crippen LogP contribution in [0.25, 0.3) is 0 Å². The zero-order chi connectivity index (χ0) is 12.2. The highest BCUT2D eigenvalue weighted by Gasteiger charge is 2.63. The molecule has 0 spiro atoms. The SMILES string of the molecule is OCC1(C2(c3ccc4c(c3)CCC4)COC2)CC1. The van der Waals surface area contributed by atoms with Crippen LogP contribution in [0.3, 0.4) is 0 Å². The topological polar surface area (TPSA) is 29.5 Å². The average molecular weight is 244 g/mol. The van der Waals surface area contributed by atoms with Crippen molar-refractivity contribution in [1.82, 2.24) is 0 Å². The van der Waals surface area contributed by atoms with E-state index in [4.69, 9.17) is 4.74 Å². The van der Waals surface area contributed by atoms with Crippen molar-refractivity contribution in [3.63, 3.8) is 0 Å². The van der Waals surface area contributed by atoms with Crippen molar-refractivity contribution in [3.8, 4) is 0 Å². The predicted molar refractivity (Wildman–Crippen MR) is 69.7 cm³/mol. The number of aryl methyl sites for hydroxylation is 2. The summed E-state index contributed by atoms with van der Waals surface area (Å²) < 4.78 is 5.53. The molecule has 2 nitrogen and oxygen atoms in total. The van der Waals surface area contributed by atoms with E-state index in [-0.39, 0.29) is 10.8 Å². The lowest BCUT2D eigenvalue weighted by molar-refractivity contribution is -0.110. The van der Waals surface area contributed by atoms with Gasteiger partial charge in [-0.2, -0.15) is 0 Å². The highest BCUT2D eigenvalue weighted by Crippen LogP contribution is 2.62. The van der Waals surface area contributed by atoms with E-state index in [1.54, 1.807) is 0 Å². The van der Waals surface area contributed by atoms with Gasteiger partial charge in [-0.15, -0.1) is 0 Å². The molecule has 4 rings (SSSR count). The minimum absolute atomic E-state index is 0.110. The number of benzene rings is 1. The fourth-order valence-electron chi connectivity index (χ4n) is 3.89. The zero-order valence-electron chi connectivity index (χ0n) is 10.7. The molecule has 0 radical (unpaired) electrons. The Morgan fingerprint density at radius 1 is 1.11 bits per heavy atom. The smallest absolute Gasteiger partial charge is 0.0591 e. The van der Waals surface area contributed by atoms with Gasteiger partial charge < -0.3 is 9.84 Å². The molecule has 1 aliphatic heterocycles. The molecule has 1 N–H and O–H groups in total. The molecule has 2 fully saturated rings. The van der Waals surface area contributed by atoms with Crippen LogP contribution in [0.4, 0.5) is 0 Å². The molecular formula is C16H20O2. The number of aliphatic hydroxyl groups excluding tert-OH is 1. The summed E-state index contributed by atoms with van der Waals surface area (Å²) in [5.41, 5.74) is 4.72. The van der Waals surface area contributed by atoms with E-state index in [2.05, 4.69) is 18.2 Å². The van der Waals surface area contributed by atoms with Crippen molar-refractivity contribution in [3.05, 3.63) is 34.9 Å². The molecule has 18 heavy (non-hydrogen) atoms. The Morgan fingerprint density at radius 3 is 2.50 bits per heavy atom. The molecule has 0 aromatic heterocycles. The van der Waals surface area contributed by atoms with Crippen LogP contribution in [0.2, 0.25) is 0 Å². The van der Waals surface area contributed by atoms with Gasteiger partial charge in [-0.3, -0.25) is 0 Å². The van der Waals surface area contributed by atoms with Crippen LogP contribution in [0.5, 0.6) is 0 Å². The summed E-state index contributed by atoms with van der Waals surface area (Å²) in [5.74, 6) is 0. The summed E-state index contributed by atoms with van der Waals surface area (Å²) in [6.45, 7) is 1.91. The highest BCUT2D eigenvalue weighted by molar-refractivity contribution is 5.42. The molecule has 1 saturated heterocycles. The second kappa shape index (κ2) is 3.58. The standard InChI is InChI=1S/C16H20O2/c17-9-15(6-7-15)16(10-18-11-16)14-5-4-12-2-1-3-13(12)8-14/h4-5,8,17H,1-3,6-7,9-11H2. The largest absolute Gasteiger partial charge is 0.396 e. The predicted octanol–water partition coefficient (Wildman–Crippen LogP) is 2.22. The summed E-state index contributed by atoms with van der Waals surface area (Å²) >= 11 is 0. The second-order valence-corrected chi connectivity index (χ2v) is 6.35. The van der Waals surface area contributed by atoms with Crippen molar-refractivity contribution in [2.24, 2.45) is 5.41 Å². The van der Waals surface area contributed by atoms with Gasteiger partial charge in [0.1, 0.15) is 0 Å². The van der Waals surface area contributed by atoms with E-state index in [1.165, 1.54) is 36.0 Å². The van der Waals surface area contributed by atoms with Crippen LogP contribution in [0, 0.1) is 5.41 Å². The fourth-order valence-corrected chi connectivity index (χ4v) is 3.89. The van der Waals surface area contributed by atoms with Gasteiger partial charge in [0, 0.05) is 17.4 Å². The lowest BCUT2D eigenvalue weighted by atomic mass is 9.66. The molecule has 96 valence electrons. The third-order valence-electron chi connectivity index (χ3n) is 5.52. The first-order valence-electron chi connectivity index (χ1n) is 7.11. The molecule has 0 bridgehead atoms. The summed E-state index contributed by atoms with van der Waals surface area (Å²) in [6, 6.07) is 7.01. The van der Waals surface area contributed by atoms with Crippen molar-refractivity contribution >= 4 is 0 Å². The maximum atomic E-state index is 9.76. The van der Waals surface area contributed by atoms with Crippen LogP contribution < -0.4 is 0 Å². The number of fused-ring (bicyclic) bond motifs is 1. The minimum Gasteiger partial charge on any atom is -0.396 e. The first-order valence-corrected chi connectivity index (χ1v) is 7.11. The number of ether oxygens (including phenoxy) is 1. The van der Waals surface area contributed by atoms with Gasteiger partial charge in [0.25, 0.3) is 0 Å². The molecule has 0 unspecified atom stereocenters. The number of hydrogen-bond acceptors (Lipinski definition) is 2. The first kappa shape index (κ1) is 11.0. The zero-order valence-corrected chi connectivity index (χ0v) is 10.7. The average Bonchev–Trinajstić information content (AvgIpc) is 2.99. The Kier molecular flexibility index (Phi) is 2.19. The van der Waals surface area contributed by atoms with Gasteiger partial charge in [0.05, 0.1) is 13.2 Å². The van der Waals surface area contributed by atoms with Crippen LogP contribution in [0.1, 0.15) is 36.0 Å². The summed E-state index contributed by atoms with van der Waals surface area (Å²) in [4.78, 5) is 0. The third-order valence-corrected chi connectivity index (χ3v) is 5.52. The van der Waals surface area contributed by atoms with E-state index in [9.17, 15) is 5.11 Å². The van der Waals surface area contributed by atoms with E-state index in [0.717, 1.165) is 26.1 Å². The van der Waals surface area contributed by atoms with E-state index < -0.39 is 0 Å². The Hall–Kier alpha value is -0.860. The quantitative estimate of drug-likeness (QED) is 0.883. The molecular weight excluding hydrogens is 224 g/mol. The molecule has 0 amide bonds. The molecule has 2 heteroatoms. The summed E-state index contributed by atoms with van der Waals surface area (Å²) in [7, 11) is 0. The fraction of sp³-hybridized carbons (Fsp3) is 0.625. The minimum atomic E-state index is 0.110. The Balaban J connectivity index is 1.77. The second-order valence-electron chi connectivity index (χ2n) is 6.35. The molecule has 1 saturated carbocycles. The van der Waals surface area contributed by atoms with E-state index >= 15 is 0 Å². The van der Waals surface area contributed by atoms with Crippen LogP contribution in [-0.2, 0) is 23.0 Å². The summed E-state index contributed by atoms with van der Waals surface area (Å²) in [6.07, 6.45) is 6.08. The first-order chi connectivity index (χ1) is 8.80. The third kappa shape index (κ3) is 1.25. The van der Waals surface area contributed by atoms with Crippen molar-refractivity contribution in [2.75, 3.05) is 19.8 Å². The van der Waals surface area contributed by atoms with E-state index in [1.807, 2.05) is 0 Å². The van der Waals surface area contributed by atoms with Crippen LogP contribution in [-0.4, -0.2) is 24.9 Å². The highest BCUT2D eigenvalue weighted by atomic mass is 16.5. The Morgan fingerprint density at radius 2 is 1.89 bits per heavy atom. The maximum Gasteiger partial charge on any atom is 0.0591 e. The number of aliphatic hydroxyl groups is 1. The number of rotatable bonds is 3. The molecule has 1 aromatic rings. The molecule has 0 atom stereocenters. The van der Waals surface area contributed by atoms with Gasteiger partial charge in [-0.25, -0.2) is 0 Å². The maximum absolute atomic E-state index is 9.76.